The van der Waals surface area contributed by atoms with Crippen LogP contribution in [-0.4, -0.2) is 16.4 Å². The van der Waals surface area contributed by atoms with Crippen LogP contribution >= 0.6 is 23.2 Å². The highest BCUT2D eigenvalue weighted by Crippen LogP contribution is 2.26. The molecule has 22 heavy (non-hydrogen) atoms. The molecule has 2 rings (SSSR count). The van der Waals surface area contributed by atoms with E-state index in [0.29, 0.717) is 16.4 Å². The van der Waals surface area contributed by atoms with Gasteiger partial charge in [-0.3, -0.25) is 0 Å². The van der Waals surface area contributed by atoms with E-state index in [2.05, 4.69) is 26.3 Å². The van der Waals surface area contributed by atoms with Gasteiger partial charge >= 0.3 is 5.57 Å². The van der Waals surface area contributed by atoms with E-state index in [9.17, 15) is 8.78 Å². The second kappa shape index (κ2) is 6.46. The maximum absolute atomic E-state index is 12.5. The average molecular weight is 346 g/mol. The monoisotopic (exact) mass is 345 g/mol. The largest absolute Gasteiger partial charge is 0.487 e. The Bertz CT molecular complexity index is 700. The van der Waals surface area contributed by atoms with Crippen molar-refractivity contribution in [3.8, 4) is 5.75 Å². The number of halogens is 4. The van der Waals surface area contributed by atoms with Gasteiger partial charge in [-0.05, 0) is 42.8 Å². The lowest BCUT2D eigenvalue weighted by Crippen LogP contribution is -2.15. The third-order valence-electron chi connectivity index (χ3n) is 2.63. The van der Waals surface area contributed by atoms with Crippen LogP contribution in [0.2, 0.25) is 5.15 Å². The highest BCUT2D eigenvalue weighted by atomic mass is 35.5. The Labute approximate surface area is 135 Å². The maximum atomic E-state index is 12.5. The first-order valence-electron chi connectivity index (χ1n) is 6.07. The number of nitrogens with zero attached hydrogens (tertiary/aromatic N) is 2. The van der Waals surface area contributed by atoms with E-state index in [4.69, 9.17) is 17.3 Å². The molecule has 0 aliphatic heterocycles. The van der Waals surface area contributed by atoms with Gasteiger partial charge in [-0.2, -0.15) is 0 Å². The molecular formula is C14H11Cl2F2N3O. The van der Waals surface area contributed by atoms with Crippen LogP contribution in [0.4, 0.5) is 14.5 Å². The van der Waals surface area contributed by atoms with Gasteiger partial charge in [0.1, 0.15) is 16.7 Å². The quantitative estimate of drug-likeness (QED) is 0.390. The highest BCUT2D eigenvalue weighted by Gasteiger charge is 2.27. The molecule has 0 unspecified atom stereocenters. The fraction of sp³-hybridized carbons (Fsp3) is 0.143. The van der Waals surface area contributed by atoms with Crippen molar-refractivity contribution in [2.24, 2.45) is 10.7 Å². The first kappa shape index (κ1) is 16.5. The Morgan fingerprint density at radius 1 is 1.32 bits per heavy atom. The Morgan fingerprint density at radius 3 is 2.50 bits per heavy atom. The Morgan fingerprint density at radius 2 is 1.95 bits per heavy atom. The zero-order chi connectivity index (χ0) is 16.3. The molecule has 2 N–H and O–H groups in total. The van der Waals surface area contributed by atoms with Gasteiger partial charge in [-0.25, -0.2) is 9.98 Å². The van der Waals surface area contributed by atoms with Gasteiger partial charge < -0.3 is 10.5 Å². The fourth-order valence-electron chi connectivity index (χ4n) is 1.62. The minimum absolute atomic E-state index is 0.0819. The summed E-state index contributed by atoms with van der Waals surface area (Å²) >= 11 is 10.5. The van der Waals surface area contributed by atoms with Crippen molar-refractivity contribution in [3.63, 3.8) is 0 Å². The summed E-state index contributed by atoms with van der Waals surface area (Å²) < 4.78 is 29.2. The number of benzene rings is 1. The molecule has 116 valence electrons. The summed E-state index contributed by atoms with van der Waals surface area (Å²) in [6.07, 6.45) is 1.50. The number of pyridine rings is 1. The van der Waals surface area contributed by atoms with Gasteiger partial charge in [0.15, 0.2) is 0 Å². The number of hydrogen-bond acceptors (Lipinski definition) is 3. The van der Waals surface area contributed by atoms with Crippen LogP contribution in [-0.2, 0) is 0 Å². The van der Waals surface area contributed by atoms with E-state index in [1.54, 1.807) is 13.0 Å². The standard InChI is InChI=1S/C14H11Cl2F2N3O/c1-8-6-9(7-20-12(8)15)13(19)21-10-2-4-11(5-3-10)22-14(16,17)18/h2-7H,1H3,(H2,19,21). The SMILES string of the molecule is Cc1cc(C(N)=Nc2ccc(OC(F)(F)Cl)cc2)cnc1Cl. The van der Waals surface area contributed by atoms with Gasteiger partial charge in [-0.15, -0.1) is 8.78 Å². The van der Waals surface area contributed by atoms with E-state index >= 15 is 0 Å². The smallest absolute Gasteiger partial charge is 0.420 e. The number of aryl methyl sites for hydroxylation is 1. The highest BCUT2D eigenvalue weighted by molar-refractivity contribution is 6.30. The topological polar surface area (TPSA) is 60.5 Å². The molecule has 4 nitrogen and oxygen atoms in total. The van der Waals surface area contributed by atoms with E-state index in [0.717, 1.165) is 5.56 Å². The zero-order valence-electron chi connectivity index (χ0n) is 11.4. The molecule has 1 aromatic heterocycles. The van der Waals surface area contributed by atoms with Crippen molar-refractivity contribution in [1.82, 2.24) is 4.98 Å². The summed E-state index contributed by atoms with van der Waals surface area (Å²) in [6.45, 7) is 1.80. The summed E-state index contributed by atoms with van der Waals surface area (Å²) in [5, 5.41) is 0.389. The van der Waals surface area contributed by atoms with E-state index < -0.39 is 5.57 Å². The molecule has 0 aliphatic carbocycles. The lowest BCUT2D eigenvalue weighted by atomic mass is 10.2. The van der Waals surface area contributed by atoms with Gasteiger partial charge in [-0.1, -0.05) is 11.6 Å². The average Bonchev–Trinajstić information content (AvgIpc) is 2.42. The second-order valence-corrected chi connectivity index (χ2v) is 5.17. The van der Waals surface area contributed by atoms with Crippen molar-refractivity contribution in [2.45, 2.75) is 12.5 Å². The molecule has 2 aromatic rings. The number of nitrogens with two attached hydrogens (primary N) is 1. The summed E-state index contributed by atoms with van der Waals surface area (Å²) in [7, 11) is 0. The number of ether oxygens (including phenoxy) is 1. The minimum Gasteiger partial charge on any atom is -0.420 e. The summed E-state index contributed by atoms with van der Waals surface area (Å²) in [5.41, 5.74) is 3.97. The third kappa shape index (κ3) is 4.54. The normalized spacial score (nSPS) is 12.3. The first-order valence-corrected chi connectivity index (χ1v) is 6.83. The van der Waals surface area contributed by atoms with Crippen molar-refractivity contribution >= 4 is 34.7 Å². The molecule has 0 fully saturated rings. The number of aromatic nitrogens is 1. The van der Waals surface area contributed by atoms with Gasteiger partial charge in [0.2, 0.25) is 0 Å². The molecule has 0 amide bonds. The number of amidine groups is 1. The first-order chi connectivity index (χ1) is 10.2. The summed E-state index contributed by atoms with van der Waals surface area (Å²) in [5.74, 6) is 0.144. The summed E-state index contributed by atoms with van der Waals surface area (Å²) in [4.78, 5) is 8.16. The Balaban J connectivity index is 2.19. The van der Waals surface area contributed by atoms with E-state index in [1.165, 1.54) is 30.5 Å². The Hall–Kier alpha value is -1.92. The lowest BCUT2D eigenvalue weighted by Gasteiger charge is -2.10. The van der Waals surface area contributed by atoms with Crippen molar-refractivity contribution in [1.29, 1.82) is 0 Å². The fourth-order valence-corrected chi connectivity index (χ4v) is 1.82. The van der Waals surface area contributed by atoms with Crippen LogP contribution in [0, 0.1) is 6.92 Å². The zero-order valence-corrected chi connectivity index (χ0v) is 12.9. The molecule has 0 bridgehead atoms. The van der Waals surface area contributed by atoms with Crippen molar-refractivity contribution < 1.29 is 13.5 Å². The van der Waals surface area contributed by atoms with Crippen LogP contribution < -0.4 is 10.5 Å². The number of alkyl halides is 3. The van der Waals surface area contributed by atoms with Gasteiger partial charge in [0.25, 0.3) is 0 Å². The van der Waals surface area contributed by atoms with Gasteiger partial charge in [0, 0.05) is 23.4 Å². The van der Waals surface area contributed by atoms with Crippen LogP contribution in [0.5, 0.6) is 5.75 Å². The predicted octanol–water partition coefficient (Wildman–Crippen LogP) is 4.25. The summed E-state index contributed by atoms with van der Waals surface area (Å²) in [6, 6.07) is 7.32. The molecule has 0 radical (unpaired) electrons. The lowest BCUT2D eigenvalue weighted by molar-refractivity contribution is -0.0964. The van der Waals surface area contributed by atoms with Crippen LogP contribution in [0.25, 0.3) is 0 Å². The molecule has 0 saturated carbocycles. The van der Waals surface area contributed by atoms with Crippen LogP contribution in [0.3, 0.4) is 0 Å². The molecule has 0 aliphatic rings. The molecule has 0 saturated heterocycles. The predicted molar refractivity (Wildman–Crippen MR) is 82.2 cm³/mol. The molecular weight excluding hydrogens is 335 g/mol. The maximum Gasteiger partial charge on any atom is 0.487 e. The molecule has 1 heterocycles. The second-order valence-electron chi connectivity index (χ2n) is 4.37. The number of rotatable bonds is 4. The van der Waals surface area contributed by atoms with E-state index in [1.807, 2.05) is 0 Å². The molecule has 0 atom stereocenters. The Kier molecular flexibility index (Phi) is 4.83. The van der Waals surface area contributed by atoms with Gasteiger partial charge in [0.05, 0.1) is 5.69 Å². The molecule has 1 aromatic carbocycles. The van der Waals surface area contributed by atoms with E-state index in [-0.39, 0.29) is 11.6 Å². The van der Waals surface area contributed by atoms with Crippen LogP contribution in [0.15, 0.2) is 41.5 Å². The van der Waals surface area contributed by atoms with Crippen molar-refractivity contribution in [2.75, 3.05) is 0 Å². The number of aliphatic imine (C=N–C) groups is 1. The molecule has 8 heteroatoms. The number of hydrogen-bond donors (Lipinski definition) is 1. The molecule has 0 spiro atoms. The van der Waals surface area contributed by atoms with Crippen LogP contribution in [0.1, 0.15) is 11.1 Å². The van der Waals surface area contributed by atoms with Crippen molar-refractivity contribution in [3.05, 3.63) is 52.8 Å². The third-order valence-corrected chi connectivity index (χ3v) is 3.10. The minimum atomic E-state index is -3.75.